The highest BCUT2D eigenvalue weighted by molar-refractivity contribution is 5.60. The third-order valence-corrected chi connectivity index (χ3v) is 2.59. The summed E-state index contributed by atoms with van der Waals surface area (Å²) >= 11 is 0. The summed E-state index contributed by atoms with van der Waals surface area (Å²) in [5.74, 6) is 0. The van der Waals surface area contributed by atoms with Crippen LogP contribution in [-0.4, -0.2) is 0 Å². The molecule has 2 N–H and O–H groups in total. The lowest BCUT2D eigenvalue weighted by atomic mass is 9.91. The van der Waals surface area contributed by atoms with E-state index in [1.165, 1.54) is 16.7 Å². The van der Waals surface area contributed by atoms with Gasteiger partial charge in [-0.05, 0) is 36.5 Å². The first-order valence-corrected chi connectivity index (χ1v) is 4.83. The fourth-order valence-corrected chi connectivity index (χ4v) is 1.89. The van der Waals surface area contributed by atoms with Crippen LogP contribution >= 0.6 is 0 Å². The lowest BCUT2D eigenvalue weighted by Gasteiger charge is -2.16. The van der Waals surface area contributed by atoms with Gasteiger partial charge in [-0.1, -0.05) is 30.4 Å². The van der Waals surface area contributed by atoms with E-state index in [0.29, 0.717) is 0 Å². The number of fused-ring (bicyclic) bond motifs is 1. The quantitative estimate of drug-likeness (QED) is 0.697. The fourth-order valence-electron chi connectivity index (χ4n) is 1.89. The summed E-state index contributed by atoms with van der Waals surface area (Å²) in [7, 11) is 0. The highest BCUT2D eigenvalue weighted by Gasteiger charge is 2.10. The van der Waals surface area contributed by atoms with E-state index in [-0.39, 0.29) is 7.47 Å². The van der Waals surface area contributed by atoms with Crippen molar-refractivity contribution < 1.29 is 1.43 Å². The molecule has 1 nitrogen and oxygen atoms in total. The normalized spacial score (nSPS) is 16.8. The van der Waals surface area contributed by atoms with Gasteiger partial charge in [0.25, 0.3) is 0 Å². The van der Waals surface area contributed by atoms with Crippen LogP contribution in [0.4, 0.5) is 0 Å². The van der Waals surface area contributed by atoms with E-state index < -0.39 is 0 Å². The molecule has 1 atom stereocenters. The SMILES string of the molecule is C[C@@H](N)c1cccc2c1C=CCC2.[HH]. The fraction of sp³-hybridized carbons (Fsp3) is 0.333. The Balaban J connectivity index is 0.000000980. The molecule has 0 aromatic heterocycles. The van der Waals surface area contributed by atoms with Crippen molar-refractivity contribution in [1.29, 1.82) is 0 Å². The number of hydrogen-bond donors (Lipinski definition) is 1. The largest absolute Gasteiger partial charge is 0.324 e. The molecule has 0 saturated carbocycles. The second-order valence-electron chi connectivity index (χ2n) is 3.65. The van der Waals surface area contributed by atoms with Crippen LogP contribution in [0.1, 0.15) is 37.5 Å². The predicted molar refractivity (Wildman–Crippen MR) is 58.5 cm³/mol. The molecule has 0 spiro atoms. The van der Waals surface area contributed by atoms with Gasteiger partial charge in [-0.15, -0.1) is 0 Å². The molecule has 0 bridgehead atoms. The lowest BCUT2D eigenvalue weighted by molar-refractivity contribution is 0.809. The van der Waals surface area contributed by atoms with Gasteiger partial charge in [0.2, 0.25) is 0 Å². The summed E-state index contributed by atoms with van der Waals surface area (Å²) in [5, 5.41) is 0. The Bertz CT molecular complexity index is 342. The zero-order valence-electron chi connectivity index (χ0n) is 7.96. The Morgan fingerprint density at radius 3 is 3.08 bits per heavy atom. The number of hydrogen-bond acceptors (Lipinski definition) is 1. The number of rotatable bonds is 1. The van der Waals surface area contributed by atoms with Crippen LogP contribution < -0.4 is 5.73 Å². The van der Waals surface area contributed by atoms with Crippen molar-refractivity contribution in [1.82, 2.24) is 0 Å². The molecule has 0 fully saturated rings. The highest BCUT2D eigenvalue weighted by atomic mass is 14.6. The van der Waals surface area contributed by atoms with Crippen molar-refractivity contribution in [2.45, 2.75) is 25.8 Å². The van der Waals surface area contributed by atoms with Crippen LogP contribution in [0.25, 0.3) is 6.08 Å². The van der Waals surface area contributed by atoms with Crippen molar-refractivity contribution in [2.24, 2.45) is 5.73 Å². The molecular weight excluding hydrogens is 158 g/mol. The molecule has 70 valence electrons. The summed E-state index contributed by atoms with van der Waals surface area (Å²) in [5.41, 5.74) is 9.97. The minimum Gasteiger partial charge on any atom is -0.324 e. The van der Waals surface area contributed by atoms with Crippen molar-refractivity contribution in [3.8, 4) is 0 Å². The van der Waals surface area contributed by atoms with Gasteiger partial charge in [0, 0.05) is 7.47 Å². The van der Waals surface area contributed by atoms with Gasteiger partial charge in [0.15, 0.2) is 0 Å². The van der Waals surface area contributed by atoms with E-state index in [1.807, 2.05) is 6.92 Å². The van der Waals surface area contributed by atoms with Crippen molar-refractivity contribution in [3.63, 3.8) is 0 Å². The van der Waals surface area contributed by atoms with Crippen LogP contribution in [0, 0.1) is 0 Å². The molecule has 0 saturated heterocycles. The standard InChI is InChI=1S/C12H15N.H2/c1-9(13)11-8-4-6-10-5-2-3-7-12(10)11;/h3-4,6-9H,2,5,13H2,1H3;1H/t9-;/m1./s1. The minimum atomic E-state index is 0. The lowest BCUT2D eigenvalue weighted by Crippen LogP contribution is -2.09. The average Bonchev–Trinajstić information content (AvgIpc) is 2.17. The Morgan fingerprint density at radius 1 is 1.46 bits per heavy atom. The maximum absolute atomic E-state index is 5.90. The minimum absolute atomic E-state index is 0. The van der Waals surface area contributed by atoms with Gasteiger partial charge in [-0.2, -0.15) is 0 Å². The third kappa shape index (κ3) is 1.52. The first-order chi connectivity index (χ1) is 6.29. The molecule has 1 aliphatic carbocycles. The monoisotopic (exact) mass is 175 g/mol. The van der Waals surface area contributed by atoms with Gasteiger partial charge < -0.3 is 5.73 Å². The van der Waals surface area contributed by atoms with E-state index in [4.69, 9.17) is 5.73 Å². The third-order valence-electron chi connectivity index (χ3n) is 2.59. The molecule has 1 aliphatic rings. The summed E-state index contributed by atoms with van der Waals surface area (Å²) < 4.78 is 0. The Kier molecular flexibility index (Phi) is 2.19. The summed E-state index contributed by atoms with van der Waals surface area (Å²) in [6, 6.07) is 6.57. The van der Waals surface area contributed by atoms with E-state index in [0.717, 1.165) is 12.8 Å². The molecule has 13 heavy (non-hydrogen) atoms. The van der Waals surface area contributed by atoms with Crippen molar-refractivity contribution in [2.75, 3.05) is 0 Å². The van der Waals surface area contributed by atoms with Crippen molar-refractivity contribution in [3.05, 3.63) is 41.0 Å². The Morgan fingerprint density at radius 2 is 2.31 bits per heavy atom. The van der Waals surface area contributed by atoms with Gasteiger partial charge in [-0.25, -0.2) is 0 Å². The topological polar surface area (TPSA) is 26.0 Å². The van der Waals surface area contributed by atoms with Gasteiger partial charge in [0.1, 0.15) is 0 Å². The van der Waals surface area contributed by atoms with E-state index in [9.17, 15) is 0 Å². The molecule has 1 aromatic carbocycles. The van der Waals surface area contributed by atoms with Gasteiger partial charge in [-0.3, -0.25) is 0 Å². The zero-order chi connectivity index (χ0) is 9.26. The zero-order valence-corrected chi connectivity index (χ0v) is 7.96. The molecule has 0 radical (unpaired) electrons. The molecule has 0 heterocycles. The number of nitrogens with two attached hydrogens (primary N) is 1. The summed E-state index contributed by atoms with van der Waals surface area (Å²) in [6.45, 7) is 2.04. The molecular formula is C12H17N. The second kappa shape index (κ2) is 3.35. The van der Waals surface area contributed by atoms with Crippen LogP contribution in [-0.2, 0) is 6.42 Å². The molecule has 0 unspecified atom stereocenters. The van der Waals surface area contributed by atoms with Crippen LogP contribution in [0.3, 0.4) is 0 Å². The van der Waals surface area contributed by atoms with Crippen LogP contribution in [0.15, 0.2) is 24.3 Å². The molecule has 0 amide bonds. The molecule has 1 aromatic rings. The number of allylic oxidation sites excluding steroid dienone is 1. The highest BCUT2D eigenvalue weighted by Crippen LogP contribution is 2.25. The van der Waals surface area contributed by atoms with Gasteiger partial charge in [0.05, 0.1) is 0 Å². The first-order valence-electron chi connectivity index (χ1n) is 4.83. The number of benzene rings is 1. The molecule has 1 heteroatoms. The van der Waals surface area contributed by atoms with E-state index in [1.54, 1.807) is 0 Å². The number of aryl methyl sites for hydroxylation is 1. The summed E-state index contributed by atoms with van der Waals surface area (Å²) in [4.78, 5) is 0. The molecule has 0 aliphatic heterocycles. The Labute approximate surface area is 80.8 Å². The van der Waals surface area contributed by atoms with Crippen LogP contribution in [0.5, 0.6) is 0 Å². The van der Waals surface area contributed by atoms with E-state index >= 15 is 0 Å². The first kappa shape index (κ1) is 8.52. The summed E-state index contributed by atoms with van der Waals surface area (Å²) in [6.07, 6.45) is 6.76. The average molecular weight is 175 g/mol. The molecule has 2 rings (SSSR count). The van der Waals surface area contributed by atoms with E-state index in [2.05, 4.69) is 30.4 Å². The van der Waals surface area contributed by atoms with Crippen LogP contribution in [0.2, 0.25) is 0 Å². The maximum Gasteiger partial charge on any atom is 0.0272 e. The Hall–Kier alpha value is -1.08. The predicted octanol–water partition coefficient (Wildman–Crippen LogP) is 2.91. The maximum atomic E-state index is 5.90. The second-order valence-corrected chi connectivity index (χ2v) is 3.65. The van der Waals surface area contributed by atoms with Crippen molar-refractivity contribution >= 4 is 6.08 Å². The smallest absolute Gasteiger partial charge is 0.0272 e. The van der Waals surface area contributed by atoms with Gasteiger partial charge >= 0.3 is 0 Å².